The number of nitrogens with one attached hydrogen (secondary N) is 1. The Morgan fingerprint density at radius 1 is 1.22 bits per heavy atom. The molecule has 0 atom stereocenters. The second-order valence-corrected chi connectivity index (χ2v) is 4.40. The fraction of sp³-hybridized carbons (Fsp3) is 0.357. The van der Waals surface area contributed by atoms with Crippen molar-refractivity contribution in [3.05, 3.63) is 53.6 Å². The Bertz CT molecular complexity index is 493. The first-order valence-electron chi connectivity index (χ1n) is 6.17. The van der Waals surface area contributed by atoms with Gasteiger partial charge in [-0.3, -0.25) is 4.68 Å². The zero-order valence-electron chi connectivity index (χ0n) is 10.6. The summed E-state index contributed by atoms with van der Waals surface area (Å²) in [5.41, 5.74) is 2.26. The molecule has 1 heterocycles. The van der Waals surface area contributed by atoms with Gasteiger partial charge < -0.3 is 5.32 Å². The Morgan fingerprint density at radius 2 is 2.00 bits per heavy atom. The van der Waals surface area contributed by atoms with Gasteiger partial charge in [-0.1, -0.05) is 12.1 Å². The quantitative estimate of drug-likeness (QED) is 0.791. The second kappa shape index (κ2) is 6.31. The van der Waals surface area contributed by atoms with Gasteiger partial charge in [0.15, 0.2) is 0 Å². The van der Waals surface area contributed by atoms with Crippen LogP contribution in [0.15, 0.2) is 36.7 Å². The molecule has 1 aromatic carbocycles. The van der Waals surface area contributed by atoms with E-state index < -0.39 is 0 Å². The Morgan fingerprint density at radius 3 is 2.67 bits per heavy atom. The van der Waals surface area contributed by atoms with Crippen molar-refractivity contribution in [3.8, 4) is 0 Å². The van der Waals surface area contributed by atoms with Crippen molar-refractivity contribution in [1.82, 2.24) is 15.1 Å². The largest absolute Gasteiger partial charge is 0.316 e. The number of nitrogens with zero attached hydrogens (tertiary/aromatic N) is 2. The fourth-order valence-corrected chi connectivity index (χ4v) is 1.88. The third-order valence-corrected chi connectivity index (χ3v) is 2.83. The Hall–Kier alpha value is -1.68. The maximum atomic E-state index is 12.9. The molecule has 0 aliphatic rings. The van der Waals surface area contributed by atoms with E-state index in [0.717, 1.165) is 31.5 Å². The number of rotatable bonds is 6. The molecule has 18 heavy (non-hydrogen) atoms. The summed E-state index contributed by atoms with van der Waals surface area (Å²) in [6.45, 7) is 1.78. The molecule has 0 spiro atoms. The monoisotopic (exact) mass is 247 g/mol. The van der Waals surface area contributed by atoms with Crippen molar-refractivity contribution in [3.63, 3.8) is 0 Å². The summed E-state index contributed by atoms with van der Waals surface area (Å²) in [5.74, 6) is -0.164. The zero-order valence-corrected chi connectivity index (χ0v) is 10.6. The zero-order chi connectivity index (χ0) is 12.8. The van der Waals surface area contributed by atoms with Crippen LogP contribution in [-0.2, 0) is 19.9 Å². The van der Waals surface area contributed by atoms with Gasteiger partial charge in [0.1, 0.15) is 5.82 Å². The predicted molar refractivity (Wildman–Crippen MR) is 69.9 cm³/mol. The van der Waals surface area contributed by atoms with E-state index in [2.05, 4.69) is 10.4 Å². The van der Waals surface area contributed by atoms with Gasteiger partial charge in [0, 0.05) is 13.2 Å². The minimum Gasteiger partial charge on any atom is -0.316 e. The van der Waals surface area contributed by atoms with Gasteiger partial charge in [-0.15, -0.1) is 0 Å². The molecule has 0 amide bonds. The summed E-state index contributed by atoms with van der Waals surface area (Å²) in [6.07, 6.45) is 5.73. The van der Waals surface area contributed by atoms with Gasteiger partial charge in [0.2, 0.25) is 0 Å². The number of halogens is 1. The van der Waals surface area contributed by atoms with Crippen LogP contribution in [0.25, 0.3) is 0 Å². The Balaban J connectivity index is 1.64. The minimum atomic E-state index is -0.164. The van der Waals surface area contributed by atoms with Gasteiger partial charge in [0.05, 0.1) is 6.20 Å². The van der Waals surface area contributed by atoms with Crippen LogP contribution in [-0.4, -0.2) is 22.9 Å². The van der Waals surface area contributed by atoms with Crippen LogP contribution in [0, 0.1) is 5.82 Å². The first-order chi connectivity index (χ1) is 8.74. The van der Waals surface area contributed by atoms with E-state index >= 15 is 0 Å². The Kier molecular flexibility index (Phi) is 4.47. The molecule has 2 aromatic rings. The predicted octanol–water partition coefficient (Wildman–Crippen LogP) is 1.93. The maximum absolute atomic E-state index is 12.9. The number of hydrogen-bond donors (Lipinski definition) is 1. The second-order valence-electron chi connectivity index (χ2n) is 4.40. The molecule has 1 N–H and O–H groups in total. The molecule has 0 bridgehead atoms. The van der Waals surface area contributed by atoms with Crippen LogP contribution < -0.4 is 5.32 Å². The lowest BCUT2D eigenvalue weighted by Crippen LogP contribution is -2.20. The van der Waals surface area contributed by atoms with Crippen molar-refractivity contribution < 1.29 is 4.39 Å². The van der Waals surface area contributed by atoms with E-state index in [1.807, 2.05) is 30.2 Å². The smallest absolute Gasteiger partial charge is 0.123 e. The van der Waals surface area contributed by atoms with E-state index in [4.69, 9.17) is 0 Å². The standard InChI is InChI=1S/C14H18FN3/c1-18-11-13(10-17-18)6-8-16-7-5-12-3-2-4-14(15)9-12/h2-4,9-11,16H,5-8H2,1H3. The summed E-state index contributed by atoms with van der Waals surface area (Å²) in [6, 6.07) is 6.76. The summed E-state index contributed by atoms with van der Waals surface area (Å²) < 4.78 is 14.7. The van der Waals surface area contributed by atoms with Gasteiger partial charge in [-0.2, -0.15) is 5.10 Å². The van der Waals surface area contributed by atoms with Crippen molar-refractivity contribution in [2.75, 3.05) is 13.1 Å². The van der Waals surface area contributed by atoms with Crippen molar-refractivity contribution in [2.45, 2.75) is 12.8 Å². The lowest BCUT2D eigenvalue weighted by atomic mass is 10.1. The summed E-state index contributed by atoms with van der Waals surface area (Å²) in [4.78, 5) is 0. The molecule has 3 nitrogen and oxygen atoms in total. The molecule has 0 saturated heterocycles. The minimum absolute atomic E-state index is 0.164. The van der Waals surface area contributed by atoms with Gasteiger partial charge >= 0.3 is 0 Å². The molecule has 4 heteroatoms. The summed E-state index contributed by atoms with van der Waals surface area (Å²) in [5, 5.41) is 7.47. The van der Waals surface area contributed by atoms with Crippen LogP contribution >= 0.6 is 0 Å². The van der Waals surface area contributed by atoms with Crippen LogP contribution in [0.3, 0.4) is 0 Å². The van der Waals surface area contributed by atoms with Crippen LogP contribution in [0.1, 0.15) is 11.1 Å². The van der Waals surface area contributed by atoms with Gasteiger partial charge in [-0.25, -0.2) is 4.39 Å². The highest BCUT2D eigenvalue weighted by Crippen LogP contribution is 2.03. The molecule has 2 rings (SSSR count). The molecular weight excluding hydrogens is 229 g/mol. The lowest BCUT2D eigenvalue weighted by molar-refractivity contribution is 0.622. The van der Waals surface area contributed by atoms with Crippen LogP contribution in [0.4, 0.5) is 4.39 Å². The highest BCUT2D eigenvalue weighted by molar-refractivity contribution is 5.16. The number of aromatic nitrogens is 2. The van der Waals surface area contributed by atoms with E-state index in [0.29, 0.717) is 0 Å². The van der Waals surface area contributed by atoms with Gasteiger partial charge in [0.25, 0.3) is 0 Å². The van der Waals surface area contributed by atoms with Gasteiger partial charge in [-0.05, 0) is 49.2 Å². The van der Waals surface area contributed by atoms with E-state index in [9.17, 15) is 4.39 Å². The highest BCUT2D eigenvalue weighted by Gasteiger charge is 1.97. The Labute approximate surface area is 107 Å². The SMILES string of the molecule is Cn1cc(CCNCCc2cccc(F)c2)cn1. The van der Waals surface area contributed by atoms with Crippen molar-refractivity contribution in [1.29, 1.82) is 0 Å². The number of benzene rings is 1. The molecular formula is C14H18FN3. The fourth-order valence-electron chi connectivity index (χ4n) is 1.88. The molecule has 96 valence electrons. The molecule has 0 fully saturated rings. The first kappa shape index (κ1) is 12.8. The average molecular weight is 247 g/mol. The summed E-state index contributed by atoms with van der Waals surface area (Å²) in [7, 11) is 1.92. The molecule has 0 unspecified atom stereocenters. The molecule has 0 radical (unpaired) electrons. The van der Waals surface area contributed by atoms with Crippen molar-refractivity contribution in [2.24, 2.45) is 7.05 Å². The number of hydrogen-bond acceptors (Lipinski definition) is 2. The molecule has 0 aliphatic carbocycles. The van der Waals surface area contributed by atoms with E-state index in [1.165, 1.54) is 11.6 Å². The first-order valence-corrected chi connectivity index (χ1v) is 6.17. The van der Waals surface area contributed by atoms with Crippen molar-refractivity contribution >= 4 is 0 Å². The third kappa shape index (κ3) is 3.96. The topological polar surface area (TPSA) is 29.9 Å². The molecule has 0 aliphatic heterocycles. The van der Waals surface area contributed by atoms with Crippen LogP contribution in [0.2, 0.25) is 0 Å². The third-order valence-electron chi connectivity index (χ3n) is 2.83. The maximum Gasteiger partial charge on any atom is 0.123 e. The number of aryl methyl sites for hydroxylation is 1. The normalized spacial score (nSPS) is 10.8. The van der Waals surface area contributed by atoms with E-state index in [-0.39, 0.29) is 5.82 Å². The highest BCUT2D eigenvalue weighted by atomic mass is 19.1. The molecule has 1 aromatic heterocycles. The van der Waals surface area contributed by atoms with Crippen LogP contribution in [0.5, 0.6) is 0 Å². The molecule has 0 saturated carbocycles. The lowest BCUT2D eigenvalue weighted by Gasteiger charge is -2.04. The van der Waals surface area contributed by atoms with E-state index in [1.54, 1.807) is 12.1 Å². The average Bonchev–Trinajstić information content (AvgIpc) is 2.75. The summed E-state index contributed by atoms with van der Waals surface area (Å²) >= 11 is 0.